The Morgan fingerprint density at radius 3 is 2.17 bits per heavy atom. The third-order valence-electron chi connectivity index (χ3n) is 5.73. The van der Waals surface area contributed by atoms with Crippen LogP contribution in [0.15, 0.2) is 72.8 Å². The molecule has 5 nitrogen and oxygen atoms in total. The molecule has 5 heteroatoms. The Bertz CT molecular complexity index is 1480. The van der Waals surface area contributed by atoms with Crippen molar-refractivity contribution in [3.63, 3.8) is 0 Å². The highest BCUT2D eigenvalue weighted by Gasteiger charge is 2.33. The quantitative estimate of drug-likeness (QED) is 0.186. The van der Waals surface area contributed by atoms with E-state index in [1.165, 1.54) is 0 Å². The number of carbonyl (C=O) groups excluding carboxylic acids is 1. The molecule has 0 saturated heterocycles. The van der Waals surface area contributed by atoms with Crippen LogP contribution in [-0.4, -0.2) is 21.0 Å². The van der Waals surface area contributed by atoms with Crippen LogP contribution in [0, 0.1) is 0 Å². The maximum atomic E-state index is 12.6. The molecule has 0 amide bonds. The molecule has 4 aromatic carbocycles. The molecule has 5 aromatic rings. The second-order valence-electron chi connectivity index (χ2n) is 7.52. The molecule has 1 aliphatic rings. The van der Waals surface area contributed by atoms with Crippen molar-refractivity contribution in [1.29, 1.82) is 0 Å². The predicted octanol–water partition coefficient (Wildman–Crippen LogP) is 5.08. The standard InChI is InChI=1S/C25H16N2O3/c28-15-11-9-14(10-12-15)18-13-21(29)30-25-17-6-2-1-5-16(17)23-24(22(18)25)27-20-8-4-3-7-19(20)26-23/h1-12,18,28H,13H2. The molecule has 1 aromatic heterocycles. The van der Waals surface area contributed by atoms with Crippen LogP contribution in [0.5, 0.6) is 11.5 Å². The molecule has 1 aliphatic heterocycles. The van der Waals surface area contributed by atoms with Gasteiger partial charge in [0.25, 0.3) is 0 Å². The Balaban J connectivity index is 1.78. The van der Waals surface area contributed by atoms with Crippen LogP contribution in [-0.2, 0) is 4.79 Å². The summed E-state index contributed by atoms with van der Waals surface area (Å²) in [7, 11) is 0. The third kappa shape index (κ3) is 2.45. The van der Waals surface area contributed by atoms with Gasteiger partial charge in [0.2, 0.25) is 0 Å². The Morgan fingerprint density at radius 2 is 1.43 bits per heavy atom. The minimum Gasteiger partial charge on any atom is -0.508 e. The topological polar surface area (TPSA) is 72.3 Å². The zero-order valence-corrected chi connectivity index (χ0v) is 15.9. The van der Waals surface area contributed by atoms with Gasteiger partial charge in [0.1, 0.15) is 11.5 Å². The van der Waals surface area contributed by atoms with Crippen molar-refractivity contribution in [3.05, 3.63) is 83.9 Å². The first-order chi connectivity index (χ1) is 14.7. The molecule has 1 unspecified atom stereocenters. The lowest BCUT2D eigenvalue weighted by Gasteiger charge is -2.27. The van der Waals surface area contributed by atoms with Crippen LogP contribution < -0.4 is 4.74 Å². The molecule has 1 N–H and O–H groups in total. The summed E-state index contributed by atoms with van der Waals surface area (Å²) in [5, 5.41) is 11.5. The number of hydrogen-bond donors (Lipinski definition) is 1. The molecule has 0 spiro atoms. The van der Waals surface area contributed by atoms with Gasteiger partial charge in [0, 0.05) is 22.3 Å². The number of benzene rings is 4. The number of carbonyl (C=O) groups is 1. The van der Waals surface area contributed by atoms with E-state index in [2.05, 4.69) is 0 Å². The highest BCUT2D eigenvalue weighted by molar-refractivity contribution is 6.12. The van der Waals surface area contributed by atoms with Gasteiger partial charge in [-0.05, 0) is 29.8 Å². The molecule has 2 heterocycles. The molecular formula is C25H16N2O3. The number of nitrogens with zero attached hydrogens (tertiary/aromatic N) is 2. The normalized spacial score (nSPS) is 16.0. The number of para-hydroxylation sites is 2. The van der Waals surface area contributed by atoms with Crippen LogP contribution in [0.3, 0.4) is 0 Å². The number of fused-ring (bicyclic) bond motifs is 7. The molecular weight excluding hydrogens is 376 g/mol. The van der Waals surface area contributed by atoms with Crippen molar-refractivity contribution in [3.8, 4) is 11.5 Å². The summed E-state index contributed by atoms with van der Waals surface area (Å²) in [6.07, 6.45) is 0.208. The van der Waals surface area contributed by atoms with E-state index in [1.807, 2.05) is 60.7 Å². The number of aromatic hydroxyl groups is 1. The zero-order chi connectivity index (χ0) is 20.2. The van der Waals surface area contributed by atoms with Crippen molar-refractivity contribution in [1.82, 2.24) is 9.97 Å². The number of aromatic nitrogens is 2. The highest BCUT2D eigenvalue weighted by atomic mass is 16.5. The van der Waals surface area contributed by atoms with Gasteiger partial charge in [-0.15, -0.1) is 0 Å². The van der Waals surface area contributed by atoms with E-state index >= 15 is 0 Å². The molecule has 144 valence electrons. The van der Waals surface area contributed by atoms with E-state index in [0.717, 1.165) is 44.0 Å². The summed E-state index contributed by atoms with van der Waals surface area (Å²) >= 11 is 0. The number of esters is 1. The molecule has 1 atom stereocenters. The first-order valence-electron chi connectivity index (χ1n) is 9.80. The summed E-state index contributed by atoms with van der Waals surface area (Å²) in [6, 6.07) is 22.6. The molecule has 6 rings (SSSR count). The molecule has 30 heavy (non-hydrogen) atoms. The number of ether oxygens (including phenoxy) is 1. The number of phenols is 1. The lowest BCUT2D eigenvalue weighted by Crippen LogP contribution is -2.22. The smallest absolute Gasteiger partial charge is 0.312 e. The van der Waals surface area contributed by atoms with Crippen molar-refractivity contribution >= 4 is 38.8 Å². The van der Waals surface area contributed by atoms with E-state index in [4.69, 9.17) is 14.7 Å². The highest BCUT2D eigenvalue weighted by Crippen LogP contribution is 2.47. The maximum absolute atomic E-state index is 12.6. The number of hydrogen-bond acceptors (Lipinski definition) is 5. The molecule has 0 fully saturated rings. The SMILES string of the molecule is O=C1CC(c2ccc(O)cc2)c2c(c3ccccc3c3nc4ccccc4nc23)O1. The first kappa shape index (κ1) is 16.9. The second kappa shape index (κ2) is 6.26. The Kier molecular flexibility index (Phi) is 3.53. The monoisotopic (exact) mass is 392 g/mol. The fourth-order valence-electron chi connectivity index (χ4n) is 4.36. The predicted molar refractivity (Wildman–Crippen MR) is 115 cm³/mol. The van der Waals surface area contributed by atoms with Crippen LogP contribution in [0.4, 0.5) is 0 Å². The van der Waals surface area contributed by atoms with Crippen LogP contribution in [0.2, 0.25) is 0 Å². The second-order valence-corrected chi connectivity index (χ2v) is 7.52. The van der Waals surface area contributed by atoms with E-state index in [-0.39, 0.29) is 24.1 Å². The Morgan fingerprint density at radius 1 is 0.800 bits per heavy atom. The minimum atomic E-state index is -0.279. The third-order valence-corrected chi connectivity index (χ3v) is 5.73. The number of rotatable bonds is 1. The summed E-state index contributed by atoms with van der Waals surface area (Å²) in [4.78, 5) is 22.4. The van der Waals surface area contributed by atoms with Crippen molar-refractivity contribution in [2.24, 2.45) is 0 Å². The van der Waals surface area contributed by atoms with Gasteiger partial charge in [-0.25, -0.2) is 9.97 Å². The van der Waals surface area contributed by atoms with Crippen LogP contribution in [0.1, 0.15) is 23.5 Å². The molecule has 0 bridgehead atoms. The Hall–Kier alpha value is -3.99. The zero-order valence-electron chi connectivity index (χ0n) is 15.9. The lowest BCUT2D eigenvalue weighted by molar-refractivity contribution is -0.135. The van der Waals surface area contributed by atoms with Crippen molar-refractivity contribution < 1.29 is 14.6 Å². The van der Waals surface area contributed by atoms with Gasteiger partial charge in [-0.3, -0.25) is 4.79 Å². The molecule has 0 saturated carbocycles. The van der Waals surface area contributed by atoms with Gasteiger partial charge < -0.3 is 9.84 Å². The molecule has 0 radical (unpaired) electrons. The fourth-order valence-corrected chi connectivity index (χ4v) is 4.36. The van der Waals surface area contributed by atoms with Gasteiger partial charge in [-0.1, -0.05) is 48.5 Å². The van der Waals surface area contributed by atoms with E-state index in [1.54, 1.807) is 12.1 Å². The number of phenolic OH excluding ortho intramolecular Hbond substituents is 1. The average molecular weight is 392 g/mol. The van der Waals surface area contributed by atoms with Crippen LogP contribution in [0.25, 0.3) is 32.8 Å². The first-order valence-corrected chi connectivity index (χ1v) is 9.80. The van der Waals surface area contributed by atoms with Gasteiger partial charge in [-0.2, -0.15) is 0 Å². The van der Waals surface area contributed by atoms with Crippen molar-refractivity contribution in [2.45, 2.75) is 12.3 Å². The van der Waals surface area contributed by atoms with Gasteiger partial charge in [0.15, 0.2) is 0 Å². The Labute approximate surface area is 171 Å². The van der Waals surface area contributed by atoms with E-state index in [0.29, 0.717) is 5.75 Å². The molecule has 0 aliphatic carbocycles. The summed E-state index contributed by atoms with van der Waals surface area (Å²) in [6.45, 7) is 0. The maximum Gasteiger partial charge on any atom is 0.312 e. The van der Waals surface area contributed by atoms with Gasteiger partial charge >= 0.3 is 5.97 Å². The van der Waals surface area contributed by atoms with E-state index < -0.39 is 0 Å². The summed E-state index contributed by atoms with van der Waals surface area (Å²) < 4.78 is 5.78. The largest absolute Gasteiger partial charge is 0.508 e. The average Bonchev–Trinajstić information content (AvgIpc) is 2.78. The lowest BCUT2D eigenvalue weighted by atomic mass is 9.83. The fraction of sp³-hybridized carbons (Fsp3) is 0.0800. The van der Waals surface area contributed by atoms with E-state index in [9.17, 15) is 9.90 Å². The van der Waals surface area contributed by atoms with Gasteiger partial charge in [0.05, 0.1) is 28.5 Å². The van der Waals surface area contributed by atoms with Crippen LogP contribution >= 0.6 is 0 Å². The van der Waals surface area contributed by atoms with Crippen molar-refractivity contribution in [2.75, 3.05) is 0 Å². The minimum absolute atomic E-state index is 0.187. The summed E-state index contributed by atoms with van der Waals surface area (Å²) in [5.74, 6) is 0.228. The summed E-state index contributed by atoms with van der Waals surface area (Å²) in [5.41, 5.74) is 4.95.